The fourth-order valence-electron chi connectivity index (χ4n) is 5.48. The Morgan fingerprint density at radius 1 is 1.26 bits per heavy atom. The second kappa shape index (κ2) is 6.57. The number of nitrogens with zero attached hydrogens (tertiary/aromatic N) is 1. The van der Waals surface area contributed by atoms with Crippen molar-refractivity contribution in [3.05, 3.63) is 59.0 Å². The van der Waals surface area contributed by atoms with Crippen molar-refractivity contribution in [1.29, 1.82) is 0 Å². The smallest absolute Gasteiger partial charge is 0.306 e. The molecule has 1 saturated carbocycles. The largest absolute Gasteiger partial charge is 0.507 e. The topological polar surface area (TPSA) is 71.7 Å². The van der Waals surface area contributed by atoms with Crippen LogP contribution in [-0.2, 0) is 20.5 Å². The number of carboxylic acids is 1. The lowest BCUT2D eigenvalue weighted by Crippen LogP contribution is -2.43. The van der Waals surface area contributed by atoms with Crippen molar-refractivity contribution in [1.82, 2.24) is 4.57 Å². The van der Waals surface area contributed by atoms with Crippen LogP contribution in [0.15, 0.2) is 36.4 Å². The van der Waals surface area contributed by atoms with Crippen LogP contribution < -0.4 is 0 Å². The van der Waals surface area contributed by atoms with Gasteiger partial charge >= 0.3 is 5.97 Å². The van der Waals surface area contributed by atoms with Crippen LogP contribution in [0.1, 0.15) is 49.9 Å². The first-order chi connectivity index (χ1) is 14.6. The molecule has 5 rings (SSSR count). The summed E-state index contributed by atoms with van der Waals surface area (Å²) in [6.07, 6.45) is 1.50. The van der Waals surface area contributed by atoms with Crippen molar-refractivity contribution in [2.75, 3.05) is 6.61 Å². The fourth-order valence-corrected chi connectivity index (χ4v) is 5.48. The third kappa shape index (κ3) is 2.81. The molecule has 2 aliphatic rings. The Morgan fingerprint density at radius 2 is 2.03 bits per heavy atom. The van der Waals surface area contributed by atoms with Crippen LogP contribution in [0.3, 0.4) is 0 Å². The first kappa shape index (κ1) is 20.1. The normalized spacial score (nSPS) is 24.6. The third-order valence-electron chi connectivity index (χ3n) is 7.00. The second-order valence-electron chi connectivity index (χ2n) is 9.61. The highest BCUT2D eigenvalue weighted by atomic mass is 19.1. The van der Waals surface area contributed by atoms with Gasteiger partial charge in [0.25, 0.3) is 0 Å². The maximum absolute atomic E-state index is 14.0. The van der Waals surface area contributed by atoms with E-state index in [9.17, 15) is 19.4 Å². The molecule has 0 unspecified atom stereocenters. The van der Waals surface area contributed by atoms with E-state index in [1.54, 1.807) is 25.1 Å². The van der Waals surface area contributed by atoms with Crippen LogP contribution in [0, 0.1) is 18.7 Å². The summed E-state index contributed by atoms with van der Waals surface area (Å²) in [5, 5.41) is 21.3. The first-order valence-corrected chi connectivity index (χ1v) is 10.7. The Labute approximate surface area is 180 Å². The molecular formula is C25H26FNO4. The number of halogens is 1. The molecule has 162 valence electrons. The standard InChI is InChI=1S/C25H26FNO4/c1-14-11-16(7-8-17(14)26)27-18-5-4-6-19(28)20(18)21-22(27)24(2,3)13-31-25(21)10-9-15(12-25)23(29)30/h4-8,11,15,28H,9-10,12-13H2,1-3H3,(H,29,30)/t15-,25-/m0/s1. The molecule has 6 heteroatoms. The van der Waals surface area contributed by atoms with Gasteiger partial charge in [-0.2, -0.15) is 0 Å². The summed E-state index contributed by atoms with van der Waals surface area (Å²) in [4.78, 5) is 11.7. The van der Waals surface area contributed by atoms with Gasteiger partial charge in [0.15, 0.2) is 0 Å². The van der Waals surface area contributed by atoms with Crippen molar-refractivity contribution in [2.24, 2.45) is 5.92 Å². The van der Waals surface area contributed by atoms with Gasteiger partial charge in [-0.25, -0.2) is 4.39 Å². The number of ether oxygens (including phenoxy) is 1. The number of phenolic OH excluding ortho intramolecular Hbond substituents is 1. The number of aliphatic carboxylic acids is 1. The summed E-state index contributed by atoms with van der Waals surface area (Å²) >= 11 is 0. The molecule has 1 spiro atoms. The molecule has 2 heterocycles. The van der Waals surface area contributed by atoms with E-state index in [1.165, 1.54) is 6.07 Å². The van der Waals surface area contributed by atoms with Gasteiger partial charge in [-0.05, 0) is 62.1 Å². The van der Waals surface area contributed by atoms with E-state index in [0.29, 0.717) is 36.8 Å². The summed E-state index contributed by atoms with van der Waals surface area (Å²) in [6, 6.07) is 10.4. The number of carboxylic acid groups (broad SMARTS) is 1. The Kier molecular flexibility index (Phi) is 4.25. The minimum atomic E-state index is -0.811. The summed E-state index contributed by atoms with van der Waals surface area (Å²) in [5.74, 6) is -1.41. The van der Waals surface area contributed by atoms with Crippen LogP contribution in [0.2, 0.25) is 0 Å². The summed E-state index contributed by atoms with van der Waals surface area (Å²) in [7, 11) is 0. The number of phenols is 1. The van der Waals surface area contributed by atoms with E-state index in [-0.39, 0.29) is 11.6 Å². The number of rotatable bonds is 2. The van der Waals surface area contributed by atoms with Crippen molar-refractivity contribution in [3.8, 4) is 11.4 Å². The molecule has 0 radical (unpaired) electrons. The van der Waals surface area contributed by atoms with Crippen LogP contribution in [0.5, 0.6) is 5.75 Å². The molecule has 1 aliphatic heterocycles. The Hall–Kier alpha value is -2.86. The zero-order chi connectivity index (χ0) is 22.1. The molecular weight excluding hydrogens is 397 g/mol. The summed E-state index contributed by atoms with van der Waals surface area (Å²) < 4.78 is 22.6. The van der Waals surface area contributed by atoms with Crippen molar-refractivity contribution < 1.29 is 24.1 Å². The van der Waals surface area contributed by atoms with E-state index < -0.39 is 22.9 Å². The predicted molar refractivity (Wildman–Crippen MR) is 115 cm³/mol. The molecule has 3 aromatic rings. The van der Waals surface area contributed by atoms with Gasteiger partial charge in [-0.3, -0.25) is 4.79 Å². The maximum Gasteiger partial charge on any atom is 0.306 e. The highest BCUT2D eigenvalue weighted by molar-refractivity contribution is 5.94. The number of benzene rings is 2. The van der Waals surface area contributed by atoms with Crippen molar-refractivity contribution >= 4 is 16.9 Å². The lowest BCUT2D eigenvalue weighted by Gasteiger charge is -2.43. The van der Waals surface area contributed by atoms with E-state index >= 15 is 0 Å². The van der Waals surface area contributed by atoms with Crippen molar-refractivity contribution in [3.63, 3.8) is 0 Å². The zero-order valence-electron chi connectivity index (χ0n) is 17.9. The quantitative estimate of drug-likeness (QED) is 0.596. The Morgan fingerprint density at radius 3 is 2.71 bits per heavy atom. The zero-order valence-corrected chi connectivity index (χ0v) is 17.9. The molecule has 0 saturated heterocycles. The number of aryl methyl sites for hydroxylation is 1. The average Bonchev–Trinajstić information content (AvgIpc) is 3.30. The predicted octanol–water partition coefficient (Wildman–Crippen LogP) is 5.17. The molecule has 2 N–H and O–H groups in total. The van der Waals surface area contributed by atoms with Gasteiger partial charge in [0.1, 0.15) is 11.6 Å². The van der Waals surface area contributed by atoms with Gasteiger partial charge in [0.05, 0.1) is 23.6 Å². The molecule has 0 amide bonds. The van der Waals surface area contributed by atoms with Crippen LogP contribution in [0.25, 0.3) is 16.6 Å². The molecule has 1 aromatic heterocycles. The van der Waals surface area contributed by atoms with Gasteiger partial charge in [-0.1, -0.05) is 19.9 Å². The van der Waals surface area contributed by atoms with Crippen LogP contribution >= 0.6 is 0 Å². The highest BCUT2D eigenvalue weighted by Crippen LogP contribution is 2.56. The minimum absolute atomic E-state index is 0.144. The molecule has 1 aliphatic carbocycles. The van der Waals surface area contributed by atoms with Crippen molar-refractivity contribution in [2.45, 2.75) is 51.0 Å². The van der Waals surface area contributed by atoms with Gasteiger partial charge < -0.3 is 19.5 Å². The molecule has 5 nitrogen and oxygen atoms in total. The SMILES string of the molecule is Cc1cc(-n2c3c(c4c(O)cccc42)[C@@]2(CC[C@H](C(=O)O)C2)OCC3(C)C)ccc1F. The molecule has 2 atom stereocenters. The lowest BCUT2D eigenvalue weighted by atomic mass is 9.76. The molecule has 0 bridgehead atoms. The minimum Gasteiger partial charge on any atom is -0.507 e. The van der Waals surface area contributed by atoms with E-state index in [1.807, 2.05) is 12.1 Å². The number of hydrogen-bond acceptors (Lipinski definition) is 3. The second-order valence-corrected chi connectivity index (χ2v) is 9.61. The van der Waals surface area contributed by atoms with E-state index in [0.717, 1.165) is 22.5 Å². The highest BCUT2D eigenvalue weighted by Gasteiger charge is 2.53. The third-order valence-corrected chi connectivity index (χ3v) is 7.00. The number of fused-ring (bicyclic) bond motifs is 4. The Balaban J connectivity index is 1.88. The summed E-state index contributed by atoms with van der Waals surface area (Å²) in [5.41, 5.74) is 2.89. The number of hydrogen-bond donors (Lipinski definition) is 2. The number of aromatic nitrogens is 1. The number of aromatic hydroxyl groups is 1. The van der Waals surface area contributed by atoms with Gasteiger partial charge in [-0.15, -0.1) is 0 Å². The fraction of sp³-hybridized carbons (Fsp3) is 0.400. The van der Waals surface area contributed by atoms with Crippen LogP contribution in [-0.4, -0.2) is 27.4 Å². The molecule has 1 fully saturated rings. The van der Waals surface area contributed by atoms with E-state index in [2.05, 4.69) is 18.4 Å². The van der Waals surface area contributed by atoms with Gasteiger partial charge in [0, 0.05) is 27.7 Å². The van der Waals surface area contributed by atoms with E-state index in [4.69, 9.17) is 4.74 Å². The van der Waals surface area contributed by atoms with Gasteiger partial charge in [0.2, 0.25) is 0 Å². The lowest BCUT2D eigenvalue weighted by molar-refractivity contribution is -0.143. The Bertz CT molecular complexity index is 1230. The molecule has 31 heavy (non-hydrogen) atoms. The number of carbonyl (C=O) groups is 1. The maximum atomic E-state index is 14.0. The first-order valence-electron chi connectivity index (χ1n) is 10.7. The molecule has 2 aromatic carbocycles. The monoisotopic (exact) mass is 423 g/mol. The van der Waals surface area contributed by atoms with Crippen LogP contribution in [0.4, 0.5) is 4.39 Å². The average molecular weight is 423 g/mol. The summed E-state index contributed by atoms with van der Waals surface area (Å²) in [6.45, 7) is 6.35.